The van der Waals surface area contributed by atoms with Gasteiger partial charge in [-0.1, -0.05) is 19.9 Å². The number of fused-ring (bicyclic) bond motifs is 5. The van der Waals surface area contributed by atoms with Crippen LogP contribution >= 0.6 is 0 Å². The molecule has 0 N–H and O–H groups in total. The molecular formula is C21H28O3. The van der Waals surface area contributed by atoms with Gasteiger partial charge in [0, 0.05) is 18.4 Å². The summed E-state index contributed by atoms with van der Waals surface area (Å²) in [6, 6.07) is 0. The van der Waals surface area contributed by atoms with Crippen molar-refractivity contribution in [3.63, 3.8) is 0 Å². The molecule has 0 spiro atoms. The lowest BCUT2D eigenvalue weighted by atomic mass is 9.44. The third kappa shape index (κ3) is 2.06. The van der Waals surface area contributed by atoms with E-state index in [1.165, 1.54) is 6.42 Å². The van der Waals surface area contributed by atoms with Crippen molar-refractivity contribution in [2.75, 3.05) is 0 Å². The van der Waals surface area contributed by atoms with Gasteiger partial charge >= 0.3 is 0 Å². The second-order valence-corrected chi connectivity index (χ2v) is 9.19. The SMILES string of the molecule is C[C@]12CCC(=O)CC1CC[C@@H]1[C@@H]2CC[C@]2(C)C(C(=O)C=O)=CC[C@@H]12. The Bertz CT molecular complexity index is 633. The van der Waals surface area contributed by atoms with Gasteiger partial charge in [0.1, 0.15) is 5.78 Å². The van der Waals surface area contributed by atoms with Crippen LogP contribution in [0, 0.1) is 34.5 Å². The maximum absolute atomic E-state index is 12.1. The van der Waals surface area contributed by atoms with Crippen molar-refractivity contribution in [1.82, 2.24) is 0 Å². The van der Waals surface area contributed by atoms with Gasteiger partial charge in [0.25, 0.3) is 0 Å². The molecule has 3 fully saturated rings. The quantitative estimate of drug-likeness (QED) is 0.570. The standard InChI is InChI=1S/C21H28O3/c1-20-9-7-14(23)11-13(20)3-4-15-16-5-6-18(19(24)12-22)21(16,2)10-8-17(15)20/h6,12-13,15-17H,3-5,7-11H2,1-2H3/t13?,15-,16-,17-,20-,21-/m0/s1. The molecule has 0 amide bonds. The first kappa shape index (κ1) is 16.2. The van der Waals surface area contributed by atoms with Crippen molar-refractivity contribution in [1.29, 1.82) is 0 Å². The van der Waals surface area contributed by atoms with Gasteiger partial charge in [-0.3, -0.25) is 14.4 Å². The van der Waals surface area contributed by atoms with E-state index in [9.17, 15) is 14.4 Å². The first-order chi connectivity index (χ1) is 11.4. The number of aldehydes is 1. The van der Waals surface area contributed by atoms with Crippen LogP contribution in [0.3, 0.4) is 0 Å². The Balaban J connectivity index is 1.63. The summed E-state index contributed by atoms with van der Waals surface area (Å²) in [5, 5.41) is 0. The monoisotopic (exact) mass is 328 g/mol. The van der Waals surface area contributed by atoms with Crippen molar-refractivity contribution in [2.45, 2.75) is 65.2 Å². The molecule has 0 aromatic rings. The number of Topliss-reactive ketones (excluding diaryl/α,β-unsaturated/α-hetero) is 2. The third-order valence-corrected chi connectivity index (χ3v) is 8.44. The molecule has 0 aliphatic heterocycles. The van der Waals surface area contributed by atoms with E-state index >= 15 is 0 Å². The molecule has 3 nitrogen and oxygen atoms in total. The number of carbonyl (C=O) groups is 3. The van der Waals surface area contributed by atoms with Crippen LogP contribution in [0.4, 0.5) is 0 Å². The zero-order chi connectivity index (χ0) is 17.1. The smallest absolute Gasteiger partial charge is 0.221 e. The molecule has 0 bridgehead atoms. The predicted molar refractivity (Wildman–Crippen MR) is 91.3 cm³/mol. The average molecular weight is 328 g/mol. The summed E-state index contributed by atoms with van der Waals surface area (Å²) in [6.45, 7) is 4.65. The van der Waals surface area contributed by atoms with E-state index in [1.54, 1.807) is 0 Å². The van der Waals surface area contributed by atoms with Crippen LogP contribution < -0.4 is 0 Å². The molecule has 24 heavy (non-hydrogen) atoms. The van der Waals surface area contributed by atoms with Crippen LogP contribution in [-0.2, 0) is 14.4 Å². The number of allylic oxidation sites excluding steroid dienone is 2. The van der Waals surface area contributed by atoms with Crippen molar-refractivity contribution >= 4 is 17.9 Å². The maximum atomic E-state index is 12.1. The molecule has 0 saturated heterocycles. The largest absolute Gasteiger partial charge is 0.300 e. The highest BCUT2D eigenvalue weighted by Gasteiger charge is 2.59. The second-order valence-electron chi connectivity index (χ2n) is 9.19. The molecule has 1 unspecified atom stereocenters. The van der Waals surface area contributed by atoms with Gasteiger partial charge in [-0.15, -0.1) is 0 Å². The Kier molecular flexibility index (Phi) is 3.63. The van der Waals surface area contributed by atoms with Gasteiger partial charge < -0.3 is 0 Å². The number of carbonyl (C=O) groups excluding carboxylic acids is 3. The van der Waals surface area contributed by atoms with Crippen LogP contribution in [0.25, 0.3) is 0 Å². The first-order valence-electron chi connectivity index (χ1n) is 9.62. The summed E-state index contributed by atoms with van der Waals surface area (Å²) < 4.78 is 0. The first-order valence-corrected chi connectivity index (χ1v) is 9.62. The van der Waals surface area contributed by atoms with Crippen molar-refractivity contribution in [3.8, 4) is 0 Å². The highest BCUT2D eigenvalue weighted by atomic mass is 16.2. The van der Waals surface area contributed by atoms with Crippen LogP contribution in [-0.4, -0.2) is 17.9 Å². The lowest BCUT2D eigenvalue weighted by Gasteiger charge is -2.60. The molecule has 4 aliphatic rings. The fraction of sp³-hybridized carbons (Fsp3) is 0.762. The van der Waals surface area contributed by atoms with Crippen LogP contribution in [0.1, 0.15) is 65.2 Å². The van der Waals surface area contributed by atoms with Gasteiger partial charge in [0.15, 0.2) is 6.29 Å². The molecular weight excluding hydrogens is 300 g/mol. The molecule has 3 heteroatoms. The second kappa shape index (κ2) is 5.37. The van der Waals surface area contributed by atoms with E-state index in [2.05, 4.69) is 19.9 Å². The Hall–Kier alpha value is -1.25. The zero-order valence-electron chi connectivity index (χ0n) is 14.8. The highest BCUT2D eigenvalue weighted by Crippen LogP contribution is 2.66. The molecule has 6 atom stereocenters. The van der Waals surface area contributed by atoms with E-state index in [-0.39, 0.29) is 11.2 Å². The van der Waals surface area contributed by atoms with Crippen LogP contribution in [0.5, 0.6) is 0 Å². The molecule has 0 aromatic carbocycles. The topological polar surface area (TPSA) is 51.2 Å². The lowest BCUT2D eigenvalue weighted by molar-refractivity contribution is -0.138. The van der Waals surface area contributed by atoms with E-state index in [1.807, 2.05) is 0 Å². The summed E-state index contributed by atoms with van der Waals surface area (Å²) in [7, 11) is 0. The summed E-state index contributed by atoms with van der Waals surface area (Å²) in [6.07, 6.45) is 10.6. The van der Waals surface area contributed by atoms with Crippen molar-refractivity contribution < 1.29 is 14.4 Å². The number of rotatable bonds is 2. The van der Waals surface area contributed by atoms with Gasteiger partial charge in [-0.25, -0.2) is 0 Å². The Labute approximate surface area is 144 Å². The fourth-order valence-electron chi connectivity index (χ4n) is 7.06. The minimum atomic E-state index is -0.304. The lowest BCUT2D eigenvalue weighted by Crippen LogP contribution is -2.53. The molecule has 4 rings (SSSR count). The van der Waals surface area contributed by atoms with Crippen molar-refractivity contribution in [3.05, 3.63) is 11.6 Å². The van der Waals surface area contributed by atoms with E-state index in [4.69, 9.17) is 0 Å². The van der Waals surface area contributed by atoms with E-state index in [0.717, 1.165) is 50.5 Å². The predicted octanol–water partition coefficient (Wildman–Crippen LogP) is 3.90. The Morgan fingerprint density at radius 2 is 1.96 bits per heavy atom. The van der Waals surface area contributed by atoms with Crippen LogP contribution in [0.15, 0.2) is 11.6 Å². The zero-order valence-corrected chi connectivity index (χ0v) is 14.8. The minimum absolute atomic E-state index is 0.104. The summed E-state index contributed by atoms with van der Waals surface area (Å²) in [5.74, 6) is 2.55. The molecule has 4 aliphatic carbocycles. The van der Waals surface area contributed by atoms with Gasteiger partial charge in [-0.05, 0) is 73.0 Å². The van der Waals surface area contributed by atoms with E-state index < -0.39 is 0 Å². The maximum Gasteiger partial charge on any atom is 0.221 e. The molecule has 130 valence electrons. The highest BCUT2D eigenvalue weighted by molar-refractivity contribution is 6.33. The third-order valence-electron chi connectivity index (χ3n) is 8.44. The van der Waals surface area contributed by atoms with Gasteiger partial charge in [0.2, 0.25) is 5.78 Å². The number of hydrogen-bond acceptors (Lipinski definition) is 3. The van der Waals surface area contributed by atoms with E-state index in [0.29, 0.717) is 41.2 Å². The average Bonchev–Trinajstić information content (AvgIpc) is 2.92. The molecule has 0 aromatic heterocycles. The fourth-order valence-corrected chi connectivity index (χ4v) is 7.06. The summed E-state index contributed by atoms with van der Waals surface area (Å²) in [4.78, 5) is 35.1. The molecule has 0 heterocycles. The van der Waals surface area contributed by atoms with Gasteiger partial charge in [0.05, 0.1) is 0 Å². The normalized spacial score (nSPS) is 47.2. The number of ketones is 2. The molecule has 0 radical (unpaired) electrons. The Morgan fingerprint density at radius 1 is 1.17 bits per heavy atom. The molecule has 3 saturated carbocycles. The Morgan fingerprint density at radius 3 is 2.71 bits per heavy atom. The van der Waals surface area contributed by atoms with Gasteiger partial charge in [-0.2, -0.15) is 0 Å². The van der Waals surface area contributed by atoms with Crippen molar-refractivity contribution in [2.24, 2.45) is 34.5 Å². The number of hydrogen-bond donors (Lipinski definition) is 0. The summed E-state index contributed by atoms with van der Waals surface area (Å²) in [5.41, 5.74) is 0.981. The minimum Gasteiger partial charge on any atom is -0.300 e. The summed E-state index contributed by atoms with van der Waals surface area (Å²) >= 11 is 0. The van der Waals surface area contributed by atoms with Crippen LogP contribution in [0.2, 0.25) is 0 Å².